The van der Waals surface area contributed by atoms with E-state index in [0.717, 1.165) is 6.42 Å². The molecule has 3 N–H and O–H groups in total. The second-order valence-electron chi connectivity index (χ2n) is 6.35. The molecule has 0 aromatic carbocycles. The standard InChI is InChI=1S/C14H24N2O3/c17-13(15-8-14(18)5-6-19-9-14)12-7-10-3-1-2-4-11(10)16-12/h10-12,16,18H,1-9H2,(H,15,17). The summed E-state index contributed by atoms with van der Waals surface area (Å²) in [6, 6.07) is 0.460. The van der Waals surface area contributed by atoms with Crippen LogP contribution >= 0.6 is 0 Å². The van der Waals surface area contributed by atoms with Crippen molar-refractivity contribution in [2.45, 2.75) is 56.2 Å². The first-order chi connectivity index (χ1) is 9.16. The van der Waals surface area contributed by atoms with Gasteiger partial charge in [0.2, 0.25) is 5.91 Å². The van der Waals surface area contributed by atoms with Crippen molar-refractivity contribution in [2.24, 2.45) is 5.92 Å². The van der Waals surface area contributed by atoms with Crippen LogP contribution in [0.15, 0.2) is 0 Å². The van der Waals surface area contributed by atoms with Gasteiger partial charge in [0.1, 0.15) is 5.60 Å². The molecule has 5 nitrogen and oxygen atoms in total. The van der Waals surface area contributed by atoms with E-state index in [9.17, 15) is 9.90 Å². The SMILES string of the molecule is O=C(NCC1(O)CCOC1)C1CC2CCCCC2N1. The Labute approximate surface area is 114 Å². The lowest BCUT2D eigenvalue weighted by Gasteiger charge is -2.24. The van der Waals surface area contributed by atoms with Crippen molar-refractivity contribution in [3.63, 3.8) is 0 Å². The van der Waals surface area contributed by atoms with Gasteiger partial charge in [-0.15, -0.1) is 0 Å². The van der Waals surface area contributed by atoms with Crippen molar-refractivity contribution in [1.29, 1.82) is 0 Å². The smallest absolute Gasteiger partial charge is 0.237 e. The van der Waals surface area contributed by atoms with Gasteiger partial charge in [0.05, 0.1) is 12.6 Å². The van der Waals surface area contributed by atoms with Crippen molar-refractivity contribution in [1.82, 2.24) is 10.6 Å². The molecule has 2 heterocycles. The third-order valence-electron chi connectivity index (χ3n) is 4.85. The average Bonchev–Trinajstić information content (AvgIpc) is 3.02. The highest BCUT2D eigenvalue weighted by atomic mass is 16.5. The van der Waals surface area contributed by atoms with Gasteiger partial charge in [0, 0.05) is 25.6 Å². The van der Waals surface area contributed by atoms with E-state index < -0.39 is 5.60 Å². The first-order valence-electron chi connectivity index (χ1n) is 7.50. The number of amides is 1. The monoisotopic (exact) mass is 268 g/mol. The first-order valence-corrected chi connectivity index (χ1v) is 7.50. The van der Waals surface area contributed by atoms with Crippen LogP contribution in [-0.2, 0) is 9.53 Å². The summed E-state index contributed by atoms with van der Waals surface area (Å²) in [7, 11) is 0. The molecule has 4 unspecified atom stereocenters. The van der Waals surface area contributed by atoms with Crippen LogP contribution in [0.3, 0.4) is 0 Å². The van der Waals surface area contributed by atoms with E-state index in [1.165, 1.54) is 25.7 Å². The molecule has 2 saturated heterocycles. The second-order valence-corrected chi connectivity index (χ2v) is 6.35. The van der Waals surface area contributed by atoms with Crippen LogP contribution in [0.25, 0.3) is 0 Å². The Balaban J connectivity index is 1.48. The number of hydrogen-bond donors (Lipinski definition) is 3. The van der Waals surface area contributed by atoms with E-state index in [1.54, 1.807) is 0 Å². The second kappa shape index (κ2) is 5.38. The maximum Gasteiger partial charge on any atom is 0.237 e. The molecule has 3 aliphatic rings. The van der Waals surface area contributed by atoms with Gasteiger partial charge in [0.15, 0.2) is 0 Å². The van der Waals surface area contributed by atoms with Gasteiger partial charge < -0.3 is 20.5 Å². The molecule has 4 atom stereocenters. The van der Waals surface area contributed by atoms with Crippen LogP contribution < -0.4 is 10.6 Å². The molecule has 0 radical (unpaired) electrons. The molecule has 0 aromatic rings. The zero-order valence-electron chi connectivity index (χ0n) is 11.4. The van der Waals surface area contributed by atoms with Crippen LogP contribution in [-0.4, -0.2) is 48.5 Å². The largest absolute Gasteiger partial charge is 0.386 e. The summed E-state index contributed by atoms with van der Waals surface area (Å²) in [4.78, 5) is 12.2. The zero-order valence-corrected chi connectivity index (χ0v) is 11.4. The van der Waals surface area contributed by atoms with Crippen LogP contribution in [0.1, 0.15) is 38.5 Å². The average molecular weight is 268 g/mol. The Morgan fingerprint density at radius 3 is 3.00 bits per heavy atom. The minimum atomic E-state index is -0.860. The summed E-state index contributed by atoms with van der Waals surface area (Å²) in [5, 5.41) is 16.5. The lowest BCUT2D eigenvalue weighted by atomic mass is 9.85. The molecular weight excluding hydrogens is 244 g/mol. The third-order valence-corrected chi connectivity index (χ3v) is 4.85. The highest BCUT2D eigenvalue weighted by Crippen LogP contribution is 2.33. The third kappa shape index (κ3) is 2.93. The minimum Gasteiger partial charge on any atom is -0.386 e. The van der Waals surface area contributed by atoms with Crippen molar-refractivity contribution < 1.29 is 14.6 Å². The summed E-state index contributed by atoms with van der Waals surface area (Å²) in [6.07, 6.45) is 6.58. The Morgan fingerprint density at radius 1 is 1.42 bits per heavy atom. The normalized spacial score (nSPS) is 42.1. The van der Waals surface area contributed by atoms with Crippen molar-refractivity contribution >= 4 is 5.91 Å². The van der Waals surface area contributed by atoms with Gasteiger partial charge in [0.25, 0.3) is 0 Å². The van der Waals surface area contributed by atoms with Crippen LogP contribution in [0.5, 0.6) is 0 Å². The number of fused-ring (bicyclic) bond motifs is 1. The molecule has 1 saturated carbocycles. The molecule has 108 valence electrons. The number of aliphatic hydroxyl groups is 1. The number of nitrogens with one attached hydrogen (secondary N) is 2. The number of carbonyl (C=O) groups is 1. The predicted octanol–water partition coefficient (Wildman–Crippen LogP) is 0.175. The molecule has 3 rings (SSSR count). The van der Waals surface area contributed by atoms with Gasteiger partial charge in [-0.2, -0.15) is 0 Å². The number of hydrogen-bond acceptors (Lipinski definition) is 4. The van der Waals surface area contributed by atoms with Crippen LogP contribution in [0, 0.1) is 5.92 Å². The molecule has 0 spiro atoms. The van der Waals surface area contributed by atoms with E-state index >= 15 is 0 Å². The Kier molecular flexibility index (Phi) is 3.78. The molecule has 1 aliphatic carbocycles. The summed E-state index contributed by atoms with van der Waals surface area (Å²) >= 11 is 0. The van der Waals surface area contributed by atoms with Crippen molar-refractivity contribution in [3.8, 4) is 0 Å². The Hall–Kier alpha value is -0.650. The molecular formula is C14H24N2O3. The van der Waals surface area contributed by atoms with E-state index in [1.807, 2.05) is 0 Å². The summed E-state index contributed by atoms with van der Waals surface area (Å²) in [5.41, 5.74) is -0.860. The molecule has 5 heteroatoms. The fourth-order valence-corrected chi connectivity index (χ4v) is 3.63. The topological polar surface area (TPSA) is 70.6 Å². The number of rotatable bonds is 3. The highest BCUT2D eigenvalue weighted by Gasteiger charge is 2.39. The molecule has 19 heavy (non-hydrogen) atoms. The van der Waals surface area contributed by atoms with E-state index in [0.29, 0.717) is 38.1 Å². The van der Waals surface area contributed by atoms with Crippen molar-refractivity contribution in [3.05, 3.63) is 0 Å². The first kappa shape index (κ1) is 13.3. The van der Waals surface area contributed by atoms with E-state index in [-0.39, 0.29) is 11.9 Å². The van der Waals surface area contributed by atoms with E-state index in [4.69, 9.17) is 4.74 Å². The zero-order chi connectivity index (χ0) is 13.3. The Morgan fingerprint density at radius 2 is 2.26 bits per heavy atom. The van der Waals surface area contributed by atoms with Crippen molar-refractivity contribution in [2.75, 3.05) is 19.8 Å². The fraction of sp³-hybridized carbons (Fsp3) is 0.929. The van der Waals surface area contributed by atoms with Crippen LogP contribution in [0.4, 0.5) is 0 Å². The lowest BCUT2D eigenvalue weighted by molar-refractivity contribution is -0.124. The van der Waals surface area contributed by atoms with Gasteiger partial charge in [-0.05, 0) is 25.2 Å². The molecule has 0 bridgehead atoms. The van der Waals surface area contributed by atoms with Gasteiger partial charge in [-0.3, -0.25) is 4.79 Å². The quantitative estimate of drug-likeness (QED) is 0.682. The highest BCUT2D eigenvalue weighted by molar-refractivity contribution is 5.82. The predicted molar refractivity (Wildman–Crippen MR) is 70.7 cm³/mol. The summed E-state index contributed by atoms with van der Waals surface area (Å²) < 4.78 is 5.18. The molecule has 3 fully saturated rings. The van der Waals surface area contributed by atoms with Gasteiger partial charge >= 0.3 is 0 Å². The maximum atomic E-state index is 12.2. The number of carbonyl (C=O) groups excluding carboxylic acids is 1. The molecule has 0 aromatic heterocycles. The Bertz CT molecular complexity index is 328. The maximum absolute atomic E-state index is 12.2. The van der Waals surface area contributed by atoms with Gasteiger partial charge in [-0.1, -0.05) is 12.8 Å². The summed E-state index contributed by atoms with van der Waals surface area (Å²) in [6.45, 7) is 1.22. The van der Waals surface area contributed by atoms with E-state index in [2.05, 4.69) is 10.6 Å². The molecule has 2 aliphatic heterocycles. The lowest BCUT2D eigenvalue weighted by Crippen LogP contribution is -2.49. The number of ether oxygens (including phenoxy) is 1. The summed E-state index contributed by atoms with van der Waals surface area (Å²) in [5.74, 6) is 0.706. The molecule has 1 amide bonds. The fourth-order valence-electron chi connectivity index (χ4n) is 3.63. The minimum absolute atomic E-state index is 0.0368. The van der Waals surface area contributed by atoms with Gasteiger partial charge in [-0.25, -0.2) is 0 Å². The van der Waals surface area contributed by atoms with Crippen LogP contribution in [0.2, 0.25) is 0 Å².